The molecule has 2 N–H and O–H groups in total. The fourth-order valence-electron chi connectivity index (χ4n) is 1.49. The summed E-state index contributed by atoms with van der Waals surface area (Å²) in [6.07, 6.45) is 2.16. The molecule has 2 aromatic rings. The van der Waals surface area contributed by atoms with E-state index in [4.69, 9.17) is 0 Å². The van der Waals surface area contributed by atoms with E-state index in [1.807, 2.05) is 0 Å². The van der Waals surface area contributed by atoms with Crippen molar-refractivity contribution in [2.24, 2.45) is 0 Å². The van der Waals surface area contributed by atoms with E-state index >= 15 is 0 Å². The molecule has 0 aliphatic rings. The fraction of sp³-hybridized carbons (Fsp3) is 0.167. The first-order valence-electron chi connectivity index (χ1n) is 5.38. The quantitative estimate of drug-likeness (QED) is 0.910. The predicted molar refractivity (Wildman–Crippen MR) is 68.7 cm³/mol. The Labute approximate surface area is 112 Å². The standard InChI is InChI=1S/C12H11BrFN3O/c13-9-7-8(1-2-10(9)14)3-5-15-12(18)11-4-6-16-17-11/h1-2,4,6-7H,3,5H2,(H,15,18)(H,16,17). The van der Waals surface area contributed by atoms with Crippen molar-refractivity contribution in [1.29, 1.82) is 0 Å². The number of nitrogens with one attached hydrogen (secondary N) is 2. The van der Waals surface area contributed by atoms with Gasteiger partial charge in [0, 0.05) is 12.7 Å². The van der Waals surface area contributed by atoms with Crippen LogP contribution in [-0.2, 0) is 6.42 Å². The Bertz CT molecular complexity index is 542. The van der Waals surface area contributed by atoms with Gasteiger partial charge < -0.3 is 5.32 Å². The van der Waals surface area contributed by atoms with Crippen LogP contribution < -0.4 is 5.32 Å². The third-order valence-corrected chi connectivity index (χ3v) is 3.04. The number of halogens is 2. The third kappa shape index (κ3) is 3.16. The molecular formula is C12H11BrFN3O. The summed E-state index contributed by atoms with van der Waals surface area (Å²) in [5, 5.41) is 9.03. The molecule has 1 amide bonds. The van der Waals surface area contributed by atoms with E-state index in [9.17, 15) is 9.18 Å². The summed E-state index contributed by atoms with van der Waals surface area (Å²) in [5.41, 5.74) is 1.38. The largest absolute Gasteiger partial charge is 0.350 e. The van der Waals surface area contributed by atoms with Crippen molar-refractivity contribution in [3.8, 4) is 0 Å². The van der Waals surface area contributed by atoms with Gasteiger partial charge in [0.2, 0.25) is 0 Å². The zero-order chi connectivity index (χ0) is 13.0. The van der Waals surface area contributed by atoms with Crippen LogP contribution in [0.2, 0.25) is 0 Å². The molecule has 0 saturated carbocycles. The van der Waals surface area contributed by atoms with Crippen LogP contribution in [-0.4, -0.2) is 22.6 Å². The first-order chi connectivity index (χ1) is 8.66. The molecule has 18 heavy (non-hydrogen) atoms. The molecule has 0 spiro atoms. The summed E-state index contributed by atoms with van der Waals surface area (Å²) < 4.78 is 13.4. The van der Waals surface area contributed by atoms with E-state index in [-0.39, 0.29) is 11.7 Å². The summed E-state index contributed by atoms with van der Waals surface area (Å²) in [6.45, 7) is 0.482. The minimum Gasteiger partial charge on any atom is -0.350 e. The number of carbonyl (C=O) groups excluding carboxylic acids is 1. The molecule has 0 unspecified atom stereocenters. The van der Waals surface area contributed by atoms with E-state index in [2.05, 4.69) is 31.4 Å². The van der Waals surface area contributed by atoms with Crippen LogP contribution in [0.25, 0.3) is 0 Å². The highest BCUT2D eigenvalue weighted by Crippen LogP contribution is 2.16. The van der Waals surface area contributed by atoms with Crippen LogP contribution in [0.5, 0.6) is 0 Å². The second-order valence-corrected chi connectivity index (χ2v) is 4.58. The molecule has 4 nitrogen and oxygen atoms in total. The molecule has 0 fully saturated rings. The average molecular weight is 312 g/mol. The fourth-order valence-corrected chi connectivity index (χ4v) is 1.92. The topological polar surface area (TPSA) is 57.8 Å². The van der Waals surface area contributed by atoms with Crippen LogP contribution >= 0.6 is 15.9 Å². The van der Waals surface area contributed by atoms with Gasteiger partial charge in [0.15, 0.2) is 0 Å². The minimum absolute atomic E-state index is 0.200. The highest BCUT2D eigenvalue weighted by molar-refractivity contribution is 9.10. The van der Waals surface area contributed by atoms with Crippen molar-refractivity contribution in [2.75, 3.05) is 6.54 Å². The average Bonchev–Trinajstić information content (AvgIpc) is 2.87. The number of aromatic nitrogens is 2. The Morgan fingerprint density at radius 1 is 1.44 bits per heavy atom. The number of aromatic amines is 1. The summed E-state index contributed by atoms with van der Waals surface area (Å²) in [7, 11) is 0. The number of benzene rings is 1. The zero-order valence-corrected chi connectivity index (χ0v) is 11.0. The second kappa shape index (κ2) is 5.77. The van der Waals surface area contributed by atoms with Gasteiger partial charge in [-0.3, -0.25) is 9.89 Å². The van der Waals surface area contributed by atoms with Crippen LogP contribution in [0.15, 0.2) is 34.9 Å². The van der Waals surface area contributed by atoms with Crippen molar-refractivity contribution < 1.29 is 9.18 Å². The van der Waals surface area contributed by atoms with Crippen molar-refractivity contribution in [3.05, 3.63) is 52.0 Å². The Morgan fingerprint density at radius 3 is 2.94 bits per heavy atom. The molecule has 1 aromatic heterocycles. The number of hydrogen-bond donors (Lipinski definition) is 2. The predicted octanol–water partition coefficient (Wildman–Crippen LogP) is 2.28. The highest BCUT2D eigenvalue weighted by atomic mass is 79.9. The van der Waals surface area contributed by atoms with E-state index in [1.165, 1.54) is 12.3 Å². The van der Waals surface area contributed by atoms with Gasteiger partial charge in [-0.2, -0.15) is 5.10 Å². The van der Waals surface area contributed by atoms with Gasteiger partial charge in [-0.05, 0) is 46.1 Å². The van der Waals surface area contributed by atoms with E-state index < -0.39 is 0 Å². The van der Waals surface area contributed by atoms with Gasteiger partial charge in [0.25, 0.3) is 5.91 Å². The SMILES string of the molecule is O=C(NCCc1ccc(F)c(Br)c1)c1ccn[nH]1. The van der Waals surface area contributed by atoms with Gasteiger partial charge in [-0.15, -0.1) is 0 Å². The first-order valence-corrected chi connectivity index (χ1v) is 6.17. The van der Waals surface area contributed by atoms with Gasteiger partial charge in [0.05, 0.1) is 4.47 Å². The third-order valence-electron chi connectivity index (χ3n) is 2.43. The van der Waals surface area contributed by atoms with Crippen LogP contribution in [0.4, 0.5) is 4.39 Å². The van der Waals surface area contributed by atoms with E-state index in [0.717, 1.165) is 5.56 Å². The maximum absolute atomic E-state index is 13.0. The zero-order valence-electron chi connectivity index (χ0n) is 9.41. The summed E-state index contributed by atoms with van der Waals surface area (Å²) in [6, 6.07) is 6.40. The summed E-state index contributed by atoms with van der Waals surface area (Å²) in [4.78, 5) is 11.6. The van der Waals surface area contributed by atoms with E-state index in [1.54, 1.807) is 18.2 Å². The smallest absolute Gasteiger partial charge is 0.269 e. The number of amides is 1. The van der Waals surface area contributed by atoms with Gasteiger partial charge in [-0.1, -0.05) is 6.07 Å². The normalized spacial score (nSPS) is 10.3. The number of carbonyl (C=O) groups is 1. The van der Waals surface area contributed by atoms with Crippen LogP contribution in [0.1, 0.15) is 16.1 Å². The number of H-pyrrole nitrogens is 1. The minimum atomic E-state index is -0.291. The molecule has 0 aliphatic heterocycles. The van der Waals surface area contributed by atoms with Crippen molar-refractivity contribution >= 4 is 21.8 Å². The molecule has 0 aliphatic carbocycles. The first kappa shape index (κ1) is 12.8. The summed E-state index contributed by atoms with van der Waals surface area (Å²) >= 11 is 3.12. The van der Waals surface area contributed by atoms with Gasteiger partial charge in [0.1, 0.15) is 11.5 Å². The maximum Gasteiger partial charge on any atom is 0.269 e. The molecule has 0 saturated heterocycles. The molecule has 6 heteroatoms. The second-order valence-electron chi connectivity index (χ2n) is 3.72. The molecule has 0 atom stereocenters. The van der Waals surface area contributed by atoms with Crippen molar-refractivity contribution in [3.63, 3.8) is 0 Å². The van der Waals surface area contributed by atoms with Crippen molar-refractivity contribution in [1.82, 2.24) is 15.5 Å². The molecule has 1 aromatic carbocycles. The van der Waals surface area contributed by atoms with Crippen LogP contribution in [0, 0.1) is 5.82 Å². The van der Waals surface area contributed by atoms with E-state index in [0.29, 0.717) is 23.1 Å². The number of rotatable bonds is 4. The lowest BCUT2D eigenvalue weighted by molar-refractivity contribution is 0.0949. The lowest BCUT2D eigenvalue weighted by Crippen LogP contribution is -2.26. The molecule has 94 valence electrons. The molecule has 0 bridgehead atoms. The monoisotopic (exact) mass is 311 g/mol. The Hall–Kier alpha value is -1.69. The van der Waals surface area contributed by atoms with Gasteiger partial charge in [-0.25, -0.2) is 4.39 Å². The Morgan fingerprint density at radius 2 is 2.28 bits per heavy atom. The number of nitrogens with zero attached hydrogens (tertiary/aromatic N) is 1. The summed E-state index contributed by atoms with van der Waals surface area (Å²) in [5.74, 6) is -0.492. The molecular weight excluding hydrogens is 301 g/mol. The highest BCUT2D eigenvalue weighted by Gasteiger charge is 2.06. The lowest BCUT2D eigenvalue weighted by atomic mass is 10.1. The number of hydrogen-bond acceptors (Lipinski definition) is 2. The van der Waals surface area contributed by atoms with Crippen molar-refractivity contribution in [2.45, 2.75) is 6.42 Å². The molecule has 0 radical (unpaired) electrons. The molecule has 1 heterocycles. The lowest BCUT2D eigenvalue weighted by Gasteiger charge is -2.04. The maximum atomic E-state index is 13.0. The Balaban J connectivity index is 1.85. The van der Waals surface area contributed by atoms with Crippen LogP contribution in [0.3, 0.4) is 0 Å². The Kier molecular flexibility index (Phi) is 4.09. The van der Waals surface area contributed by atoms with Gasteiger partial charge >= 0.3 is 0 Å². The molecule has 2 rings (SSSR count).